The normalized spacial score (nSPS) is 19.4. The lowest BCUT2D eigenvalue weighted by atomic mass is 9.91. The van der Waals surface area contributed by atoms with E-state index in [1.54, 1.807) is 0 Å². The van der Waals surface area contributed by atoms with Crippen molar-refractivity contribution in [1.82, 2.24) is 10.2 Å². The number of nitrogens with zero attached hydrogens (tertiary/aromatic N) is 1. The molecule has 2 rings (SSSR count). The topological polar surface area (TPSA) is 32.3 Å². The Kier molecular flexibility index (Phi) is 8.51. The molecule has 3 nitrogen and oxygen atoms in total. The smallest absolute Gasteiger partial charge is 0.223 e. The minimum Gasteiger partial charge on any atom is -0.342 e. The molecule has 1 aliphatic heterocycles. The summed E-state index contributed by atoms with van der Waals surface area (Å²) in [4.78, 5) is 14.7. The van der Waals surface area contributed by atoms with E-state index in [9.17, 15) is 4.79 Å². The first-order valence-corrected chi connectivity index (χ1v) is 8.22. The quantitative estimate of drug-likeness (QED) is 0.869. The second-order valence-corrected chi connectivity index (χ2v) is 6.13. The number of hydrogen-bond donors (Lipinski definition) is 1. The van der Waals surface area contributed by atoms with Crippen molar-refractivity contribution in [3.05, 3.63) is 35.9 Å². The molecule has 0 radical (unpaired) electrons. The maximum atomic E-state index is 12.6. The van der Waals surface area contributed by atoms with E-state index in [1.165, 1.54) is 12.0 Å². The summed E-state index contributed by atoms with van der Waals surface area (Å²) in [5, 5.41) is 3.24. The highest BCUT2D eigenvalue weighted by atomic mass is 35.5. The number of hydrogen-bond acceptors (Lipinski definition) is 2. The molecule has 0 aromatic heterocycles. The number of rotatable bonds is 6. The van der Waals surface area contributed by atoms with Crippen LogP contribution in [0, 0.1) is 5.92 Å². The largest absolute Gasteiger partial charge is 0.342 e. The summed E-state index contributed by atoms with van der Waals surface area (Å²) in [5.41, 5.74) is 1.29. The third kappa shape index (κ3) is 5.29. The lowest BCUT2D eigenvalue weighted by molar-refractivity contribution is -0.133. The Hall–Kier alpha value is -1.06. The standard InChI is InChI=1S/C18H28N2O.ClH/c1-3-16(17-9-5-4-6-10-17)12-18(21)20-11-7-8-15(14-20)13-19-2;/h4-6,9-10,15-16,19H,3,7-8,11-14H2,1-2H3;1H. The summed E-state index contributed by atoms with van der Waals surface area (Å²) in [5.74, 6) is 1.29. The van der Waals surface area contributed by atoms with Gasteiger partial charge < -0.3 is 10.2 Å². The van der Waals surface area contributed by atoms with Crippen molar-refractivity contribution in [1.29, 1.82) is 0 Å². The number of amides is 1. The fourth-order valence-electron chi connectivity index (χ4n) is 3.31. The highest BCUT2D eigenvalue weighted by Gasteiger charge is 2.25. The fourth-order valence-corrected chi connectivity index (χ4v) is 3.31. The molecule has 1 fully saturated rings. The first-order chi connectivity index (χ1) is 10.2. The van der Waals surface area contributed by atoms with E-state index in [2.05, 4.69) is 41.4 Å². The van der Waals surface area contributed by atoms with Gasteiger partial charge in [-0.05, 0) is 50.3 Å². The van der Waals surface area contributed by atoms with Crippen molar-refractivity contribution in [3.63, 3.8) is 0 Å². The van der Waals surface area contributed by atoms with E-state index in [0.29, 0.717) is 24.2 Å². The van der Waals surface area contributed by atoms with Gasteiger partial charge in [0.15, 0.2) is 0 Å². The van der Waals surface area contributed by atoms with Gasteiger partial charge in [0.25, 0.3) is 0 Å². The average molecular weight is 325 g/mol. The Labute approximate surface area is 140 Å². The van der Waals surface area contributed by atoms with Crippen molar-refractivity contribution in [2.45, 2.75) is 38.5 Å². The number of carbonyl (C=O) groups excluding carboxylic acids is 1. The second kappa shape index (κ2) is 9.86. The average Bonchev–Trinajstić information content (AvgIpc) is 2.54. The van der Waals surface area contributed by atoms with Crippen LogP contribution >= 0.6 is 12.4 Å². The summed E-state index contributed by atoms with van der Waals surface area (Å²) in [6, 6.07) is 10.4. The van der Waals surface area contributed by atoms with E-state index >= 15 is 0 Å². The van der Waals surface area contributed by atoms with Crippen molar-refractivity contribution < 1.29 is 4.79 Å². The molecule has 1 heterocycles. The van der Waals surface area contributed by atoms with Crippen LogP contribution in [0.5, 0.6) is 0 Å². The number of nitrogens with one attached hydrogen (secondary N) is 1. The van der Waals surface area contributed by atoms with E-state index in [4.69, 9.17) is 0 Å². The number of piperidine rings is 1. The van der Waals surface area contributed by atoms with Gasteiger partial charge in [0.2, 0.25) is 5.91 Å². The number of likely N-dealkylation sites (tertiary alicyclic amines) is 1. The molecule has 4 heteroatoms. The predicted molar refractivity (Wildman–Crippen MR) is 94.6 cm³/mol. The van der Waals surface area contributed by atoms with Gasteiger partial charge in [0, 0.05) is 19.5 Å². The Morgan fingerprint density at radius 2 is 2.09 bits per heavy atom. The summed E-state index contributed by atoms with van der Waals surface area (Å²) in [7, 11) is 1.99. The molecule has 1 amide bonds. The molecule has 1 aromatic rings. The molecule has 2 unspecified atom stereocenters. The molecule has 124 valence electrons. The number of halogens is 1. The van der Waals surface area contributed by atoms with Gasteiger partial charge in [-0.1, -0.05) is 37.3 Å². The van der Waals surface area contributed by atoms with Gasteiger partial charge in [-0.3, -0.25) is 4.79 Å². The molecule has 0 spiro atoms. The zero-order valence-electron chi connectivity index (χ0n) is 13.8. The molecule has 2 atom stereocenters. The lowest BCUT2D eigenvalue weighted by Gasteiger charge is -2.33. The summed E-state index contributed by atoms with van der Waals surface area (Å²) < 4.78 is 0. The van der Waals surface area contributed by atoms with Crippen LogP contribution in [0.25, 0.3) is 0 Å². The van der Waals surface area contributed by atoms with Gasteiger partial charge in [0.05, 0.1) is 0 Å². The predicted octanol–water partition coefficient (Wildman–Crippen LogP) is 3.45. The van der Waals surface area contributed by atoms with Crippen LogP contribution in [0.1, 0.15) is 44.1 Å². The van der Waals surface area contributed by atoms with Crippen molar-refractivity contribution >= 4 is 18.3 Å². The molecular formula is C18H29ClN2O. The zero-order valence-corrected chi connectivity index (χ0v) is 14.6. The Morgan fingerprint density at radius 3 is 2.73 bits per heavy atom. The van der Waals surface area contributed by atoms with E-state index < -0.39 is 0 Å². The molecule has 1 saturated heterocycles. The van der Waals surface area contributed by atoms with Crippen LogP contribution < -0.4 is 5.32 Å². The summed E-state index contributed by atoms with van der Waals surface area (Å²) in [6.07, 6.45) is 4.04. The number of benzene rings is 1. The second-order valence-electron chi connectivity index (χ2n) is 6.13. The summed E-state index contributed by atoms with van der Waals surface area (Å²) >= 11 is 0. The lowest BCUT2D eigenvalue weighted by Crippen LogP contribution is -2.42. The van der Waals surface area contributed by atoms with Gasteiger partial charge in [-0.2, -0.15) is 0 Å². The molecule has 0 bridgehead atoms. The van der Waals surface area contributed by atoms with E-state index in [-0.39, 0.29) is 12.4 Å². The van der Waals surface area contributed by atoms with Crippen LogP contribution in [-0.4, -0.2) is 37.5 Å². The van der Waals surface area contributed by atoms with Crippen molar-refractivity contribution in [3.8, 4) is 0 Å². The monoisotopic (exact) mass is 324 g/mol. The van der Waals surface area contributed by atoms with Crippen molar-refractivity contribution in [2.75, 3.05) is 26.7 Å². The fraction of sp³-hybridized carbons (Fsp3) is 0.611. The van der Waals surface area contributed by atoms with Crippen LogP contribution in [0.4, 0.5) is 0 Å². The van der Waals surface area contributed by atoms with Gasteiger partial charge in [-0.15, -0.1) is 12.4 Å². The highest BCUT2D eigenvalue weighted by Crippen LogP contribution is 2.25. The van der Waals surface area contributed by atoms with Crippen LogP contribution in [0.2, 0.25) is 0 Å². The van der Waals surface area contributed by atoms with E-state index in [0.717, 1.165) is 32.5 Å². The molecule has 1 aromatic carbocycles. The molecule has 0 aliphatic carbocycles. The highest BCUT2D eigenvalue weighted by molar-refractivity contribution is 5.85. The zero-order chi connectivity index (χ0) is 15.1. The van der Waals surface area contributed by atoms with Gasteiger partial charge in [0.1, 0.15) is 0 Å². The van der Waals surface area contributed by atoms with Crippen LogP contribution in [0.15, 0.2) is 30.3 Å². The maximum Gasteiger partial charge on any atom is 0.223 e. The minimum absolute atomic E-state index is 0. The molecule has 1 N–H and O–H groups in total. The minimum atomic E-state index is 0. The molecule has 1 aliphatic rings. The van der Waals surface area contributed by atoms with Gasteiger partial charge >= 0.3 is 0 Å². The van der Waals surface area contributed by atoms with Crippen LogP contribution in [-0.2, 0) is 4.79 Å². The summed E-state index contributed by atoms with van der Waals surface area (Å²) in [6.45, 7) is 5.04. The van der Waals surface area contributed by atoms with Crippen molar-refractivity contribution in [2.24, 2.45) is 5.92 Å². The third-order valence-electron chi connectivity index (χ3n) is 4.55. The Bertz CT molecular complexity index is 436. The SMILES string of the molecule is CCC(CC(=O)N1CCCC(CNC)C1)c1ccccc1.Cl. The first kappa shape index (κ1) is 19.0. The first-order valence-electron chi connectivity index (χ1n) is 8.22. The Morgan fingerprint density at radius 1 is 1.36 bits per heavy atom. The molecular weight excluding hydrogens is 296 g/mol. The van der Waals surface area contributed by atoms with Gasteiger partial charge in [-0.25, -0.2) is 0 Å². The third-order valence-corrected chi connectivity index (χ3v) is 4.55. The van der Waals surface area contributed by atoms with Crippen LogP contribution in [0.3, 0.4) is 0 Å². The number of carbonyl (C=O) groups is 1. The maximum absolute atomic E-state index is 12.6. The molecule has 22 heavy (non-hydrogen) atoms. The van der Waals surface area contributed by atoms with E-state index in [1.807, 2.05) is 13.1 Å². The molecule has 0 saturated carbocycles. The Balaban J connectivity index is 0.00000242.